The predicted octanol–water partition coefficient (Wildman–Crippen LogP) is 4.43. The number of nitrogens with zero attached hydrogens (tertiary/aromatic N) is 3. The third-order valence-corrected chi connectivity index (χ3v) is 5.96. The van der Waals surface area contributed by atoms with Crippen LogP contribution in [0.15, 0.2) is 107 Å². The van der Waals surface area contributed by atoms with Crippen molar-refractivity contribution in [2.45, 2.75) is 0 Å². The summed E-state index contributed by atoms with van der Waals surface area (Å²) >= 11 is 1.38. The average molecular weight is 411 g/mol. The number of para-hydroxylation sites is 2. The highest BCUT2D eigenvalue weighted by atomic mass is 32.2. The molecule has 2 aliphatic heterocycles. The molecular formula is C24H17N3O2S. The van der Waals surface area contributed by atoms with Crippen LogP contribution in [-0.2, 0) is 9.59 Å². The summed E-state index contributed by atoms with van der Waals surface area (Å²) in [4.78, 5) is 27.9. The molecule has 0 aromatic heterocycles. The summed E-state index contributed by atoms with van der Waals surface area (Å²) in [5.74, 6) is -0.000674. The zero-order valence-corrected chi connectivity index (χ0v) is 16.8. The van der Waals surface area contributed by atoms with Gasteiger partial charge in [-0.1, -0.05) is 78.5 Å². The van der Waals surface area contributed by atoms with Crippen LogP contribution in [0.5, 0.6) is 0 Å². The van der Waals surface area contributed by atoms with Crippen LogP contribution in [0.25, 0.3) is 0 Å². The molecule has 3 aromatic rings. The number of hydrogen-bond acceptors (Lipinski definition) is 4. The zero-order valence-electron chi connectivity index (χ0n) is 15.9. The summed E-state index contributed by atoms with van der Waals surface area (Å²) in [6.45, 7) is 0. The number of thioether (sulfide) groups is 1. The van der Waals surface area contributed by atoms with Crippen LogP contribution in [-0.4, -0.2) is 23.3 Å². The molecule has 146 valence electrons. The van der Waals surface area contributed by atoms with Gasteiger partial charge in [0, 0.05) is 11.3 Å². The first-order chi connectivity index (χ1) is 14.7. The van der Waals surface area contributed by atoms with Crippen LogP contribution >= 0.6 is 11.8 Å². The molecule has 2 heterocycles. The lowest BCUT2D eigenvalue weighted by molar-refractivity contribution is -0.115. The molecule has 6 heteroatoms. The lowest BCUT2D eigenvalue weighted by Gasteiger charge is -2.19. The van der Waals surface area contributed by atoms with Crippen LogP contribution in [0, 0.1) is 0 Å². The quantitative estimate of drug-likeness (QED) is 0.599. The number of carbonyl (C=O) groups is 2. The number of rotatable bonds is 3. The Morgan fingerprint density at radius 2 is 1.30 bits per heavy atom. The summed E-state index contributed by atoms with van der Waals surface area (Å²) in [5, 5.41) is 6.72. The van der Waals surface area contributed by atoms with E-state index in [9.17, 15) is 9.59 Å². The molecule has 0 radical (unpaired) electrons. The van der Waals surface area contributed by atoms with E-state index in [4.69, 9.17) is 0 Å². The van der Waals surface area contributed by atoms with E-state index in [1.165, 1.54) is 16.8 Å². The van der Waals surface area contributed by atoms with Crippen molar-refractivity contribution in [1.82, 2.24) is 0 Å². The second kappa shape index (κ2) is 7.65. The minimum absolute atomic E-state index is 0.0490. The SMILES string of the molecule is O=C1/C(=C2/SCC(=O)N2c2ccccc2)C(c2ccccc2)=NN1c1ccccc1. The van der Waals surface area contributed by atoms with Crippen molar-refractivity contribution >= 4 is 40.7 Å². The van der Waals surface area contributed by atoms with E-state index in [0.29, 0.717) is 22.0 Å². The van der Waals surface area contributed by atoms with Crippen molar-refractivity contribution in [1.29, 1.82) is 0 Å². The largest absolute Gasteiger partial charge is 0.283 e. The highest BCUT2D eigenvalue weighted by Crippen LogP contribution is 2.39. The second-order valence-electron chi connectivity index (χ2n) is 6.80. The lowest BCUT2D eigenvalue weighted by Crippen LogP contribution is -2.28. The first-order valence-corrected chi connectivity index (χ1v) is 10.5. The first kappa shape index (κ1) is 18.4. The highest BCUT2D eigenvalue weighted by Gasteiger charge is 2.40. The van der Waals surface area contributed by atoms with Gasteiger partial charge in [0.1, 0.15) is 11.3 Å². The monoisotopic (exact) mass is 411 g/mol. The van der Waals surface area contributed by atoms with Crippen LogP contribution in [0.1, 0.15) is 5.56 Å². The molecule has 2 aliphatic rings. The van der Waals surface area contributed by atoms with Gasteiger partial charge in [-0.2, -0.15) is 10.1 Å². The summed E-state index contributed by atoms with van der Waals surface area (Å²) < 4.78 is 0. The van der Waals surface area contributed by atoms with E-state index < -0.39 is 0 Å². The Labute approximate surface area is 178 Å². The molecule has 5 rings (SSSR count). The Morgan fingerprint density at radius 1 is 0.733 bits per heavy atom. The summed E-state index contributed by atoms with van der Waals surface area (Å²) in [6.07, 6.45) is 0. The van der Waals surface area contributed by atoms with Crippen molar-refractivity contribution in [3.05, 3.63) is 107 Å². The maximum Gasteiger partial charge on any atom is 0.283 e. The Bertz CT molecular complexity index is 1170. The number of anilines is 2. The molecular weight excluding hydrogens is 394 g/mol. The fourth-order valence-electron chi connectivity index (χ4n) is 3.53. The number of amides is 2. The third-order valence-electron chi connectivity index (χ3n) is 4.90. The molecule has 30 heavy (non-hydrogen) atoms. The van der Waals surface area contributed by atoms with Gasteiger partial charge in [0.2, 0.25) is 5.91 Å². The van der Waals surface area contributed by atoms with Gasteiger partial charge >= 0.3 is 0 Å². The minimum Gasteiger partial charge on any atom is -0.274 e. The minimum atomic E-state index is -0.238. The molecule has 0 bridgehead atoms. The number of hydrogen-bond donors (Lipinski definition) is 0. The second-order valence-corrected chi connectivity index (χ2v) is 7.76. The molecule has 1 saturated heterocycles. The number of benzene rings is 3. The Balaban J connectivity index is 1.70. The fourth-order valence-corrected chi connectivity index (χ4v) is 4.59. The van der Waals surface area contributed by atoms with Crippen molar-refractivity contribution < 1.29 is 9.59 Å². The van der Waals surface area contributed by atoms with Gasteiger partial charge in [0.25, 0.3) is 5.91 Å². The van der Waals surface area contributed by atoms with Gasteiger partial charge in [-0.05, 0) is 24.3 Å². The Kier molecular flexibility index (Phi) is 4.69. The molecule has 1 fully saturated rings. The summed E-state index contributed by atoms with van der Waals surface area (Å²) in [7, 11) is 0. The Morgan fingerprint density at radius 3 is 1.93 bits per heavy atom. The normalized spacial score (nSPS) is 18.9. The molecule has 0 aliphatic carbocycles. The smallest absolute Gasteiger partial charge is 0.274 e. The van der Waals surface area contributed by atoms with Gasteiger partial charge in [-0.3, -0.25) is 14.5 Å². The zero-order chi connectivity index (χ0) is 20.5. The third kappa shape index (κ3) is 3.11. The van der Waals surface area contributed by atoms with Crippen molar-refractivity contribution in [3.63, 3.8) is 0 Å². The highest BCUT2D eigenvalue weighted by molar-refractivity contribution is 8.04. The maximum atomic E-state index is 13.6. The van der Waals surface area contributed by atoms with Crippen LogP contribution in [0.3, 0.4) is 0 Å². The van der Waals surface area contributed by atoms with E-state index in [1.54, 1.807) is 4.90 Å². The van der Waals surface area contributed by atoms with Crippen molar-refractivity contribution in [2.75, 3.05) is 15.7 Å². The van der Waals surface area contributed by atoms with Crippen molar-refractivity contribution in [2.24, 2.45) is 5.10 Å². The molecule has 5 nitrogen and oxygen atoms in total. The van der Waals surface area contributed by atoms with E-state index in [2.05, 4.69) is 5.10 Å². The molecule has 0 N–H and O–H groups in total. The van der Waals surface area contributed by atoms with Crippen LogP contribution in [0.4, 0.5) is 11.4 Å². The number of carbonyl (C=O) groups excluding carboxylic acids is 2. The maximum absolute atomic E-state index is 13.6. The average Bonchev–Trinajstić information content (AvgIpc) is 3.35. The van der Waals surface area contributed by atoms with Gasteiger partial charge in [-0.15, -0.1) is 0 Å². The Hall–Kier alpha value is -3.64. The molecule has 0 unspecified atom stereocenters. The van der Waals surface area contributed by atoms with E-state index in [-0.39, 0.29) is 17.6 Å². The standard InChI is InChI=1S/C24H17N3O2S/c28-20-16-30-24(26(20)18-12-6-2-7-13-18)21-22(17-10-4-1-5-11-17)25-27(23(21)29)19-14-8-3-9-15-19/h1-15H,16H2/b24-21+. The first-order valence-electron chi connectivity index (χ1n) is 9.53. The van der Waals surface area contributed by atoms with Crippen molar-refractivity contribution in [3.8, 4) is 0 Å². The number of hydrazone groups is 1. The van der Waals surface area contributed by atoms with E-state index in [0.717, 1.165) is 11.3 Å². The predicted molar refractivity (Wildman–Crippen MR) is 120 cm³/mol. The van der Waals surface area contributed by atoms with E-state index >= 15 is 0 Å². The molecule has 0 saturated carbocycles. The van der Waals surface area contributed by atoms with Gasteiger partial charge in [0.05, 0.1) is 16.5 Å². The summed E-state index contributed by atoms with van der Waals surface area (Å²) in [5.41, 5.74) is 3.28. The molecule has 3 aromatic carbocycles. The van der Waals surface area contributed by atoms with Gasteiger partial charge in [0.15, 0.2) is 0 Å². The topological polar surface area (TPSA) is 53.0 Å². The summed E-state index contributed by atoms with van der Waals surface area (Å²) in [6, 6.07) is 28.3. The lowest BCUT2D eigenvalue weighted by atomic mass is 10.0. The van der Waals surface area contributed by atoms with Gasteiger partial charge in [-0.25, -0.2) is 0 Å². The fraction of sp³-hybridized carbons (Fsp3) is 0.0417. The molecule has 2 amide bonds. The molecule has 0 spiro atoms. The van der Waals surface area contributed by atoms with Crippen LogP contribution < -0.4 is 9.91 Å². The molecule has 0 atom stereocenters. The van der Waals surface area contributed by atoms with Gasteiger partial charge < -0.3 is 0 Å². The van der Waals surface area contributed by atoms with E-state index in [1.807, 2.05) is 91.0 Å². The van der Waals surface area contributed by atoms with Crippen LogP contribution in [0.2, 0.25) is 0 Å².